The second-order valence-corrected chi connectivity index (χ2v) is 2.23. The first-order valence-corrected chi connectivity index (χ1v) is 3.48. The maximum Gasteiger partial charge on any atom is 0.0918 e. The highest BCUT2D eigenvalue weighted by Gasteiger charge is 1.86. The van der Waals surface area contributed by atoms with Crippen molar-refractivity contribution in [1.29, 1.82) is 0 Å². The Hall–Kier alpha value is -0.920. The Morgan fingerprint density at radius 3 is 2.40 bits per heavy atom. The molecule has 2 nitrogen and oxygen atoms in total. The second-order valence-electron chi connectivity index (χ2n) is 2.23. The molecule has 0 aliphatic rings. The van der Waals surface area contributed by atoms with Gasteiger partial charge < -0.3 is 11.1 Å². The van der Waals surface area contributed by atoms with E-state index in [-0.39, 0.29) is 0 Å². The molecule has 0 aliphatic carbocycles. The summed E-state index contributed by atoms with van der Waals surface area (Å²) in [5, 5.41) is 3.05. The van der Waals surface area contributed by atoms with E-state index in [2.05, 4.69) is 18.3 Å². The zero-order valence-electron chi connectivity index (χ0n) is 6.94. The smallest absolute Gasteiger partial charge is 0.0918 e. The lowest BCUT2D eigenvalue weighted by molar-refractivity contribution is 0.851. The average molecular weight is 140 g/mol. The van der Waals surface area contributed by atoms with Crippen LogP contribution in [0.4, 0.5) is 0 Å². The molecular weight excluding hydrogens is 124 g/mol. The number of nitrogens with one attached hydrogen (secondary N) is 1. The van der Waals surface area contributed by atoms with E-state index in [1.807, 2.05) is 19.9 Å². The van der Waals surface area contributed by atoms with Gasteiger partial charge in [0.1, 0.15) is 0 Å². The van der Waals surface area contributed by atoms with Crippen LogP contribution in [0.3, 0.4) is 0 Å². The highest BCUT2D eigenvalue weighted by molar-refractivity contribution is 5.02. The SMILES string of the molecule is C/C=C(/N)NC/C(C)=C/C. The lowest BCUT2D eigenvalue weighted by Crippen LogP contribution is -2.21. The maximum atomic E-state index is 5.50. The van der Waals surface area contributed by atoms with E-state index in [1.54, 1.807) is 0 Å². The summed E-state index contributed by atoms with van der Waals surface area (Å²) in [5.74, 6) is 0.737. The summed E-state index contributed by atoms with van der Waals surface area (Å²) in [7, 11) is 0. The van der Waals surface area contributed by atoms with Crippen LogP contribution >= 0.6 is 0 Å². The monoisotopic (exact) mass is 140 g/mol. The highest BCUT2D eigenvalue weighted by atomic mass is 15.0. The third-order valence-electron chi connectivity index (χ3n) is 1.38. The molecular formula is C8H16N2. The van der Waals surface area contributed by atoms with Gasteiger partial charge in [-0.05, 0) is 26.8 Å². The summed E-state index contributed by atoms with van der Waals surface area (Å²) in [5.41, 5.74) is 6.79. The van der Waals surface area contributed by atoms with Crippen LogP contribution in [0.25, 0.3) is 0 Å². The van der Waals surface area contributed by atoms with E-state index in [0.29, 0.717) is 0 Å². The molecule has 0 aromatic rings. The van der Waals surface area contributed by atoms with Crippen molar-refractivity contribution in [1.82, 2.24) is 5.32 Å². The van der Waals surface area contributed by atoms with E-state index in [4.69, 9.17) is 5.73 Å². The van der Waals surface area contributed by atoms with Gasteiger partial charge in [-0.25, -0.2) is 0 Å². The van der Waals surface area contributed by atoms with Crippen LogP contribution in [-0.2, 0) is 0 Å². The van der Waals surface area contributed by atoms with Gasteiger partial charge in [0.25, 0.3) is 0 Å². The summed E-state index contributed by atoms with van der Waals surface area (Å²) in [6.07, 6.45) is 3.92. The fraction of sp³-hybridized carbons (Fsp3) is 0.500. The minimum absolute atomic E-state index is 0.737. The predicted molar refractivity (Wildman–Crippen MR) is 45.4 cm³/mol. The molecule has 0 aromatic carbocycles. The van der Waals surface area contributed by atoms with Crippen molar-refractivity contribution in [3.8, 4) is 0 Å². The van der Waals surface area contributed by atoms with Crippen molar-refractivity contribution in [3.63, 3.8) is 0 Å². The topological polar surface area (TPSA) is 38.0 Å². The summed E-state index contributed by atoms with van der Waals surface area (Å²) in [6, 6.07) is 0. The molecule has 0 saturated heterocycles. The molecule has 0 aromatic heterocycles. The number of hydrogen-bond acceptors (Lipinski definition) is 2. The van der Waals surface area contributed by atoms with Gasteiger partial charge in [-0.2, -0.15) is 0 Å². The van der Waals surface area contributed by atoms with Gasteiger partial charge in [0.15, 0.2) is 0 Å². The molecule has 0 radical (unpaired) electrons. The number of hydrogen-bond donors (Lipinski definition) is 2. The predicted octanol–water partition coefficient (Wildman–Crippen LogP) is 1.36. The summed E-state index contributed by atoms with van der Waals surface area (Å²) >= 11 is 0. The van der Waals surface area contributed by atoms with Gasteiger partial charge in [0, 0.05) is 6.54 Å². The molecule has 0 unspecified atom stereocenters. The van der Waals surface area contributed by atoms with Crippen LogP contribution in [0.5, 0.6) is 0 Å². The summed E-state index contributed by atoms with van der Waals surface area (Å²) in [4.78, 5) is 0. The highest BCUT2D eigenvalue weighted by Crippen LogP contribution is 1.88. The van der Waals surface area contributed by atoms with Crippen LogP contribution in [0.15, 0.2) is 23.5 Å². The zero-order valence-corrected chi connectivity index (χ0v) is 6.94. The molecule has 0 fully saturated rings. The molecule has 58 valence electrons. The molecule has 10 heavy (non-hydrogen) atoms. The minimum atomic E-state index is 0.737. The van der Waals surface area contributed by atoms with Crippen LogP contribution in [0, 0.1) is 0 Å². The third kappa shape index (κ3) is 4.01. The largest absolute Gasteiger partial charge is 0.386 e. The Kier molecular flexibility index (Phi) is 4.46. The second kappa shape index (κ2) is 4.91. The standard InChI is InChI=1S/C8H16N2/c1-4-7(3)6-10-8(9)5-2/h4-5,10H,6,9H2,1-3H3/b7-4+,8-5-. The molecule has 0 saturated carbocycles. The van der Waals surface area contributed by atoms with Gasteiger partial charge in [-0.3, -0.25) is 0 Å². The van der Waals surface area contributed by atoms with Crippen molar-refractivity contribution in [2.75, 3.05) is 6.54 Å². The lowest BCUT2D eigenvalue weighted by Gasteiger charge is -2.04. The first-order chi connectivity index (χ1) is 4.70. The Bertz CT molecular complexity index is 127. The van der Waals surface area contributed by atoms with Crippen molar-refractivity contribution in [2.45, 2.75) is 20.8 Å². The van der Waals surface area contributed by atoms with Crippen molar-refractivity contribution >= 4 is 0 Å². The fourth-order valence-corrected chi connectivity index (χ4v) is 0.446. The Morgan fingerprint density at radius 2 is 2.00 bits per heavy atom. The quantitative estimate of drug-likeness (QED) is 0.581. The van der Waals surface area contributed by atoms with E-state index in [1.165, 1.54) is 5.57 Å². The van der Waals surface area contributed by atoms with Crippen LogP contribution in [0.2, 0.25) is 0 Å². The van der Waals surface area contributed by atoms with Gasteiger partial charge in [-0.15, -0.1) is 0 Å². The van der Waals surface area contributed by atoms with E-state index in [9.17, 15) is 0 Å². The molecule has 0 amide bonds. The van der Waals surface area contributed by atoms with E-state index >= 15 is 0 Å². The van der Waals surface area contributed by atoms with Crippen molar-refractivity contribution in [2.24, 2.45) is 5.73 Å². The Morgan fingerprint density at radius 1 is 1.40 bits per heavy atom. The van der Waals surface area contributed by atoms with Gasteiger partial charge >= 0.3 is 0 Å². The maximum absolute atomic E-state index is 5.50. The first-order valence-electron chi connectivity index (χ1n) is 3.48. The number of allylic oxidation sites excluding steroid dienone is 2. The summed E-state index contributed by atoms with van der Waals surface area (Å²) in [6.45, 7) is 6.83. The third-order valence-corrected chi connectivity index (χ3v) is 1.38. The van der Waals surface area contributed by atoms with Gasteiger partial charge in [0.2, 0.25) is 0 Å². The molecule has 0 spiro atoms. The van der Waals surface area contributed by atoms with E-state index in [0.717, 1.165) is 12.4 Å². The fourth-order valence-electron chi connectivity index (χ4n) is 0.446. The van der Waals surface area contributed by atoms with E-state index < -0.39 is 0 Å². The molecule has 0 rings (SSSR count). The number of nitrogens with two attached hydrogens (primary N) is 1. The Labute approximate surface area is 62.8 Å². The van der Waals surface area contributed by atoms with Gasteiger partial charge in [-0.1, -0.05) is 11.6 Å². The van der Waals surface area contributed by atoms with Crippen LogP contribution in [0.1, 0.15) is 20.8 Å². The van der Waals surface area contributed by atoms with Gasteiger partial charge in [0.05, 0.1) is 5.82 Å². The molecule has 3 N–H and O–H groups in total. The van der Waals surface area contributed by atoms with Crippen LogP contribution in [-0.4, -0.2) is 6.54 Å². The van der Waals surface area contributed by atoms with Crippen molar-refractivity contribution in [3.05, 3.63) is 23.5 Å². The summed E-state index contributed by atoms with van der Waals surface area (Å²) < 4.78 is 0. The molecule has 0 aliphatic heterocycles. The van der Waals surface area contributed by atoms with Crippen molar-refractivity contribution < 1.29 is 0 Å². The van der Waals surface area contributed by atoms with Crippen LogP contribution < -0.4 is 11.1 Å². The Balaban J connectivity index is 3.56. The zero-order chi connectivity index (χ0) is 7.98. The molecule has 0 bridgehead atoms. The molecule has 2 heteroatoms. The molecule has 0 heterocycles. The average Bonchev–Trinajstić information content (AvgIpc) is 1.99. The lowest BCUT2D eigenvalue weighted by atomic mass is 10.3. The normalized spacial score (nSPS) is 13.5. The minimum Gasteiger partial charge on any atom is -0.386 e. The first kappa shape index (κ1) is 9.08. The number of rotatable bonds is 3. The molecule has 0 atom stereocenters.